The summed E-state index contributed by atoms with van der Waals surface area (Å²) < 4.78 is 31.2. The number of methoxy groups -OCH3 is 1. The van der Waals surface area contributed by atoms with Crippen LogP contribution in [0.5, 0.6) is 5.88 Å². The first-order valence-corrected chi connectivity index (χ1v) is 5.90. The second-order valence-electron chi connectivity index (χ2n) is 4.12. The Hall–Kier alpha value is -2.12. The van der Waals surface area contributed by atoms with Crippen molar-refractivity contribution in [2.75, 3.05) is 7.11 Å². The van der Waals surface area contributed by atoms with Crippen LogP contribution in [0.1, 0.15) is 17.3 Å². The van der Waals surface area contributed by atoms with Crippen LogP contribution in [0.15, 0.2) is 30.6 Å². The average Bonchev–Trinajstić information content (AvgIpc) is 2.48. The zero-order valence-electron chi connectivity index (χ0n) is 10.8. The molecule has 0 spiro atoms. The zero-order chi connectivity index (χ0) is 14.5. The molecule has 0 bridgehead atoms. The van der Waals surface area contributed by atoms with Crippen LogP contribution < -0.4 is 16.0 Å². The minimum Gasteiger partial charge on any atom is -0.480 e. The molecule has 1 unspecified atom stereocenters. The molecule has 2 aromatic rings. The smallest absolute Gasteiger partial charge is 0.237 e. The number of hydrogen-bond donors (Lipinski definition) is 2. The molecule has 0 fully saturated rings. The molecule has 0 amide bonds. The summed E-state index contributed by atoms with van der Waals surface area (Å²) in [4.78, 5) is 8.18. The molecule has 0 radical (unpaired) electrons. The number of rotatable bonds is 5. The maximum atomic E-state index is 13.2. The molecule has 3 N–H and O–H groups in total. The lowest BCUT2D eigenvalue weighted by Gasteiger charge is -2.17. The lowest BCUT2D eigenvalue weighted by molar-refractivity contribution is 0.377. The van der Waals surface area contributed by atoms with Crippen LogP contribution in [0.2, 0.25) is 0 Å². The number of aromatic nitrogens is 2. The average molecular weight is 280 g/mol. The fraction of sp³-hybridized carbons (Fsp3) is 0.231. The molecule has 1 heterocycles. The van der Waals surface area contributed by atoms with E-state index in [9.17, 15) is 8.78 Å². The lowest BCUT2D eigenvalue weighted by Crippen LogP contribution is -2.30. The van der Waals surface area contributed by atoms with E-state index in [2.05, 4.69) is 15.4 Å². The van der Waals surface area contributed by atoms with Crippen molar-refractivity contribution in [3.05, 3.63) is 53.5 Å². The Kier molecular flexibility index (Phi) is 4.54. The Morgan fingerprint density at radius 1 is 1.25 bits per heavy atom. The molecule has 1 aromatic carbocycles. The third kappa shape index (κ3) is 3.06. The SMILES string of the molecule is COc1nccnc1C(Cc1ccc(F)c(F)c1)NN. The molecule has 0 saturated heterocycles. The predicted molar refractivity (Wildman–Crippen MR) is 68.7 cm³/mol. The second kappa shape index (κ2) is 6.36. The van der Waals surface area contributed by atoms with Crippen LogP contribution in [-0.4, -0.2) is 17.1 Å². The van der Waals surface area contributed by atoms with E-state index >= 15 is 0 Å². The van der Waals surface area contributed by atoms with Gasteiger partial charge in [0.25, 0.3) is 0 Å². The number of nitrogens with zero attached hydrogens (tertiary/aromatic N) is 2. The van der Waals surface area contributed by atoms with Crippen molar-refractivity contribution in [3.63, 3.8) is 0 Å². The van der Waals surface area contributed by atoms with Gasteiger partial charge in [0.15, 0.2) is 11.6 Å². The number of nitrogens with one attached hydrogen (secondary N) is 1. The van der Waals surface area contributed by atoms with Gasteiger partial charge in [0, 0.05) is 12.4 Å². The first-order valence-electron chi connectivity index (χ1n) is 5.90. The summed E-state index contributed by atoms with van der Waals surface area (Å²) in [6, 6.07) is 3.27. The Labute approximate surface area is 114 Å². The molecule has 1 aromatic heterocycles. The van der Waals surface area contributed by atoms with Crippen LogP contribution >= 0.6 is 0 Å². The molecule has 5 nitrogen and oxygen atoms in total. The Bertz CT molecular complexity index is 594. The van der Waals surface area contributed by atoms with E-state index in [4.69, 9.17) is 10.6 Å². The fourth-order valence-electron chi connectivity index (χ4n) is 1.87. The fourth-order valence-corrected chi connectivity index (χ4v) is 1.87. The highest BCUT2D eigenvalue weighted by Gasteiger charge is 2.18. The van der Waals surface area contributed by atoms with Gasteiger partial charge in [-0.3, -0.25) is 16.3 Å². The van der Waals surface area contributed by atoms with Crippen molar-refractivity contribution in [2.45, 2.75) is 12.5 Å². The van der Waals surface area contributed by atoms with E-state index < -0.39 is 17.7 Å². The summed E-state index contributed by atoms with van der Waals surface area (Å²) in [5, 5.41) is 0. The molecule has 1 atom stereocenters. The van der Waals surface area contributed by atoms with Crippen LogP contribution in [0.25, 0.3) is 0 Å². The molecular weight excluding hydrogens is 266 g/mol. The van der Waals surface area contributed by atoms with Crippen molar-refractivity contribution in [1.82, 2.24) is 15.4 Å². The third-order valence-corrected chi connectivity index (χ3v) is 2.84. The highest BCUT2D eigenvalue weighted by atomic mass is 19.2. The van der Waals surface area contributed by atoms with Crippen molar-refractivity contribution >= 4 is 0 Å². The van der Waals surface area contributed by atoms with E-state index in [0.717, 1.165) is 12.1 Å². The Balaban J connectivity index is 2.26. The van der Waals surface area contributed by atoms with E-state index in [0.29, 0.717) is 23.6 Å². The number of nitrogens with two attached hydrogens (primary N) is 1. The summed E-state index contributed by atoms with van der Waals surface area (Å²) >= 11 is 0. The summed E-state index contributed by atoms with van der Waals surface area (Å²) in [5.41, 5.74) is 3.66. The normalized spacial score (nSPS) is 12.2. The third-order valence-electron chi connectivity index (χ3n) is 2.84. The van der Waals surface area contributed by atoms with Crippen molar-refractivity contribution < 1.29 is 13.5 Å². The maximum absolute atomic E-state index is 13.2. The molecular formula is C13H14F2N4O. The Morgan fingerprint density at radius 3 is 2.65 bits per heavy atom. The maximum Gasteiger partial charge on any atom is 0.237 e. The van der Waals surface area contributed by atoms with Gasteiger partial charge in [-0.1, -0.05) is 6.07 Å². The van der Waals surface area contributed by atoms with E-state index in [1.54, 1.807) is 0 Å². The number of hydrogen-bond acceptors (Lipinski definition) is 5. The molecule has 0 aliphatic carbocycles. The predicted octanol–water partition coefficient (Wildman–Crippen LogP) is 1.51. The van der Waals surface area contributed by atoms with Crippen LogP contribution in [0.3, 0.4) is 0 Å². The molecule has 0 aliphatic rings. The Morgan fingerprint density at radius 2 is 2.00 bits per heavy atom. The number of ether oxygens (including phenoxy) is 1. The van der Waals surface area contributed by atoms with Gasteiger partial charge in [-0.05, 0) is 24.1 Å². The lowest BCUT2D eigenvalue weighted by atomic mass is 10.0. The minimum absolute atomic E-state index is 0.322. The molecule has 0 saturated carbocycles. The van der Waals surface area contributed by atoms with Gasteiger partial charge in [-0.15, -0.1) is 0 Å². The monoisotopic (exact) mass is 280 g/mol. The summed E-state index contributed by atoms with van der Waals surface area (Å²) in [6.07, 6.45) is 3.32. The van der Waals surface area contributed by atoms with Crippen LogP contribution in [0.4, 0.5) is 8.78 Å². The second-order valence-corrected chi connectivity index (χ2v) is 4.12. The van der Waals surface area contributed by atoms with E-state index in [-0.39, 0.29) is 0 Å². The van der Waals surface area contributed by atoms with E-state index in [1.807, 2.05) is 0 Å². The van der Waals surface area contributed by atoms with Gasteiger partial charge < -0.3 is 4.74 Å². The van der Waals surface area contributed by atoms with Crippen molar-refractivity contribution in [1.29, 1.82) is 0 Å². The van der Waals surface area contributed by atoms with Gasteiger partial charge in [-0.25, -0.2) is 13.8 Å². The molecule has 7 heteroatoms. The van der Waals surface area contributed by atoms with Gasteiger partial charge in [-0.2, -0.15) is 0 Å². The summed E-state index contributed by atoms with van der Waals surface area (Å²) in [7, 11) is 1.47. The van der Waals surface area contributed by atoms with Crippen LogP contribution in [0, 0.1) is 11.6 Å². The van der Waals surface area contributed by atoms with Crippen molar-refractivity contribution in [2.24, 2.45) is 5.84 Å². The quantitative estimate of drug-likeness (QED) is 0.641. The first-order chi connectivity index (χ1) is 9.65. The molecule has 106 valence electrons. The van der Waals surface area contributed by atoms with Gasteiger partial charge in [0.2, 0.25) is 5.88 Å². The van der Waals surface area contributed by atoms with Crippen LogP contribution in [-0.2, 0) is 6.42 Å². The summed E-state index contributed by atoms with van der Waals surface area (Å²) in [5.74, 6) is 4.05. The van der Waals surface area contributed by atoms with E-state index in [1.165, 1.54) is 25.6 Å². The van der Waals surface area contributed by atoms with Gasteiger partial charge >= 0.3 is 0 Å². The standard InChI is InChI=1S/C13H14F2N4O/c1-20-13-12(17-4-5-18-13)11(19-16)7-8-2-3-9(14)10(15)6-8/h2-6,11,19H,7,16H2,1H3. The number of benzene rings is 1. The largest absolute Gasteiger partial charge is 0.480 e. The summed E-state index contributed by atoms with van der Waals surface area (Å²) in [6.45, 7) is 0. The molecule has 0 aliphatic heterocycles. The first kappa shape index (κ1) is 14.3. The zero-order valence-corrected chi connectivity index (χ0v) is 10.8. The minimum atomic E-state index is -0.899. The molecule has 2 rings (SSSR count). The van der Waals surface area contributed by atoms with Gasteiger partial charge in [0.1, 0.15) is 5.69 Å². The van der Waals surface area contributed by atoms with Gasteiger partial charge in [0.05, 0.1) is 13.2 Å². The highest BCUT2D eigenvalue weighted by molar-refractivity contribution is 5.25. The molecule has 20 heavy (non-hydrogen) atoms. The number of hydrazine groups is 1. The highest BCUT2D eigenvalue weighted by Crippen LogP contribution is 2.23. The number of halogens is 2. The topological polar surface area (TPSA) is 73.1 Å². The van der Waals surface area contributed by atoms with Crippen molar-refractivity contribution in [3.8, 4) is 5.88 Å².